The Morgan fingerprint density at radius 3 is 2.71 bits per heavy atom. The van der Waals surface area contributed by atoms with Crippen LogP contribution in [0.3, 0.4) is 0 Å². The van der Waals surface area contributed by atoms with Crippen molar-refractivity contribution in [3.63, 3.8) is 0 Å². The molecule has 94 valence electrons. The molecule has 0 aromatic heterocycles. The van der Waals surface area contributed by atoms with E-state index in [0.29, 0.717) is 11.0 Å². The molecule has 0 spiro atoms. The van der Waals surface area contributed by atoms with E-state index in [0.717, 1.165) is 19.0 Å². The molecule has 1 aliphatic rings. The van der Waals surface area contributed by atoms with Gasteiger partial charge in [-0.3, -0.25) is 0 Å². The molecule has 1 aromatic rings. The Bertz CT molecular complexity index is 400. The molecule has 0 amide bonds. The van der Waals surface area contributed by atoms with Crippen molar-refractivity contribution in [1.29, 1.82) is 0 Å². The maximum atomic E-state index is 12.8. The lowest BCUT2D eigenvalue weighted by Crippen LogP contribution is -2.24. The molecule has 0 aliphatic carbocycles. The summed E-state index contributed by atoms with van der Waals surface area (Å²) in [6, 6.07) is 4.24. The normalized spacial score (nSPS) is 20.6. The molecule has 6 heteroatoms. The third-order valence-electron chi connectivity index (χ3n) is 2.71. The molecule has 1 atom stereocenters. The first-order valence-electron chi connectivity index (χ1n) is 5.31. The quantitative estimate of drug-likeness (QED) is 0.876. The molecule has 2 nitrogen and oxygen atoms in total. The van der Waals surface area contributed by atoms with Gasteiger partial charge in [0.15, 0.2) is 0 Å². The number of hydrogen-bond acceptors (Lipinski definition) is 2. The van der Waals surface area contributed by atoms with E-state index < -0.39 is 11.7 Å². The monoisotopic (exact) mass is 308 g/mol. The van der Waals surface area contributed by atoms with Crippen LogP contribution in [0.25, 0.3) is 0 Å². The molecule has 1 fully saturated rings. The minimum atomic E-state index is -4.34. The summed E-state index contributed by atoms with van der Waals surface area (Å²) in [5, 5.41) is 6.05. The van der Waals surface area contributed by atoms with Crippen molar-refractivity contribution in [3.8, 4) is 0 Å². The fraction of sp³-hybridized carbons (Fsp3) is 0.455. The Morgan fingerprint density at radius 1 is 1.35 bits per heavy atom. The van der Waals surface area contributed by atoms with Crippen LogP contribution in [-0.2, 0) is 6.18 Å². The molecule has 0 radical (unpaired) electrons. The van der Waals surface area contributed by atoms with Crippen molar-refractivity contribution < 1.29 is 13.2 Å². The molecule has 2 rings (SSSR count). The third-order valence-corrected chi connectivity index (χ3v) is 3.20. The highest BCUT2D eigenvalue weighted by Crippen LogP contribution is 2.37. The topological polar surface area (TPSA) is 24.1 Å². The van der Waals surface area contributed by atoms with E-state index in [9.17, 15) is 13.2 Å². The number of hydrogen-bond donors (Lipinski definition) is 2. The molecule has 1 aliphatic heterocycles. The van der Waals surface area contributed by atoms with Crippen molar-refractivity contribution in [3.05, 3.63) is 28.2 Å². The van der Waals surface area contributed by atoms with Crippen LogP contribution in [0.1, 0.15) is 12.0 Å². The van der Waals surface area contributed by atoms with Gasteiger partial charge in [-0.15, -0.1) is 0 Å². The summed E-state index contributed by atoms with van der Waals surface area (Å²) in [6.45, 7) is 1.54. The lowest BCUT2D eigenvalue weighted by atomic mass is 10.1. The average molecular weight is 309 g/mol. The predicted molar refractivity (Wildman–Crippen MR) is 64.0 cm³/mol. The van der Waals surface area contributed by atoms with Gasteiger partial charge in [0, 0.05) is 22.7 Å². The summed E-state index contributed by atoms with van der Waals surface area (Å²) >= 11 is 3.06. The summed E-state index contributed by atoms with van der Waals surface area (Å²) in [4.78, 5) is 0. The van der Waals surface area contributed by atoms with E-state index in [-0.39, 0.29) is 11.7 Å². The molecule has 1 heterocycles. The second kappa shape index (κ2) is 4.86. The van der Waals surface area contributed by atoms with E-state index in [4.69, 9.17) is 0 Å². The van der Waals surface area contributed by atoms with Crippen LogP contribution in [0.15, 0.2) is 22.7 Å². The van der Waals surface area contributed by atoms with E-state index in [1.807, 2.05) is 0 Å². The van der Waals surface area contributed by atoms with Crippen LogP contribution in [0.2, 0.25) is 0 Å². The molecule has 0 saturated carbocycles. The van der Waals surface area contributed by atoms with Crippen LogP contribution in [0, 0.1) is 0 Å². The minimum absolute atomic E-state index is 0.0669. The van der Waals surface area contributed by atoms with Crippen molar-refractivity contribution in [1.82, 2.24) is 5.32 Å². The first-order chi connectivity index (χ1) is 7.97. The second-order valence-electron chi connectivity index (χ2n) is 4.02. The van der Waals surface area contributed by atoms with Crippen molar-refractivity contribution in [2.45, 2.75) is 18.6 Å². The Labute approximate surface area is 106 Å². The summed E-state index contributed by atoms with van der Waals surface area (Å²) < 4.78 is 38.9. The number of nitrogens with one attached hydrogen (secondary N) is 2. The van der Waals surface area contributed by atoms with Gasteiger partial charge < -0.3 is 10.6 Å². The number of alkyl halides is 3. The smallest absolute Gasteiger partial charge is 0.380 e. The standard InChI is InChI=1S/C11H12BrF3N2/c12-7-1-2-10(9(5-7)11(13,14)15)17-8-3-4-16-6-8/h1-2,5,8,16-17H,3-4,6H2. The molecule has 0 bridgehead atoms. The first-order valence-corrected chi connectivity index (χ1v) is 6.10. The van der Waals surface area contributed by atoms with Gasteiger partial charge in [-0.25, -0.2) is 0 Å². The largest absolute Gasteiger partial charge is 0.418 e. The molecular formula is C11H12BrF3N2. The zero-order valence-electron chi connectivity index (χ0n) is 8.94. The van der Waals surface area contributed by atoms with Crippen molar-refractivity contribution >= 4 is 21.6 Å². The van der Waals surface area contributed by atoms with Gasteiger partial charge in [-0.05, 0) is 31.2 Å². The number of rotatable bonds is 2. The Kier molecular flexibility index (Phi) is 3.63. The highest BCUT2D eigenvalue weighted by molar-refractivity contribution is 9.10. The van der Waals surface area contributed by atoms with Crippen LogP contribution in [0.4, 0.5) is 18.9 Å². The minimum Gasteiger partial charge on any atom is -0.380 e. The Balaban J connectivity index is 2.25. The van der Waals surface area contributed by atoms with E-state index in [1.54, 1.807) is 6.07 Å². The zero-order valence-corrected chi connectivity index (χ0v) is 10.5. The predicted octanol–water partition coefficient (Wildman–Crippen LogP) is 3.24. The number of halogens is 4. The number of benzene rings is 1. The summed E-state index contributed by atoms with van der Waals surface area (Å²) in [5.74, 6) is 0. The SMILES string of the molecule is FC(F)(F)c1cc(Br)ccc1NC1CCNC1. The Hall–Kier alpha value is -0.750. The first kappa shape index (κ1) is 12.7. The van der Waals surface area contributed by atoms with Gasteiger partial charge >= 0.3 is 6.18 Å². The summed E-state index contributed by atoms with van der Waals surface area (Å²) in [6.07, 6.45) is -3.49. The highest BCUT2D eigenvalue weighted by Gasteiger charge is 2.34. The molecule has 1 unspecified atom stereocenters. The van der Waals surface area contributed by atoms with Crippen LogP contribution < -0.4 is 10.6 Å². The molecule has 1 aromatic carbocycles. The summed E-state index contributed by atoms with van der Waals surface area (Å²) in [5.41, 5.74) is -0.479. The van der Waals surface area contributed by atoms with Crippen molar-refractivity contribution in [2.75, 3.05) is 18.4 Å². The molecule has 17 heavy (non-hydrogen) atoms. The average Bonchev–Trinajstić information content (AvgIpc) is 2.72. The fourth-order valence-electron chi connectivity index (χ4n) is 1.87. The maximum absolute atomic E-state index is 12.8. The van der Waals surface area contributed by atoms with Gasteiger partial charge in [0.1, 0.15) is 0 Å². The van der Waals surface area contributed by atoms with Crippen LogP contribution in [-0.4, -0.2) is 19.1 Å². The van der Waals surface area contributed by atoms with E-state index in [2.05, 4.69) is 26.6 Å². The molecular weight excluding hydrogens is 297 g/mol. The van der Waals surface area contributed by atoms with Gasteiger partial charge in [0.05, 0.1) is 5.56 Å². The van der Waals surface area contributed by atoms with E-state index in [1.165, 1.54) is 6.07 Å². The Morgan fingerprint density at radius 2 is 2.12 bits per heavy atom. The van der Waals surface area contributed by atoms with Gasteiger partial charge in [-0.2, -0.15) is 13.2 Å². The zero-order chi connectivity index (χ0) is 12.5. The fourth-order valence-corrected chi connectivity index (χ4v) is 2.24. The highest BCUT2D eigenvalue weighted by atomic mass is 79.9. The summed E-state index contributed by atoms with van der Waals surface area (Å²) in [7, 11) is 0. The van der Waals surface area contributed by atoms with Gasteiger partial charge in [-0.1, -0.05) is 15.9 Å². The third kappa shape index (κ3) is 3.13. The van der Waals surface area contributed by atoms with Gasteiger partial charge in [0.25, 0.3) is 0 Å². The lowest BCUT2D eigenvalue weighted by molar-refractivity contribution is -0.137. The maximum Gasteiger partial charge on any atom is 0.418 e. The lowest BCUT2D eigenvalue weighted by Gasteiger charge is -2.18. The van der Waals surface area contributed by atoms with Crippen LogP contribution >= 0.6 is 15.9 Å². The van der Waals surface area contributed by atoms with Crippen LogP contribution in [0.5, 0.6) is 0 Å². The van der Waals surface area contributed by atoms with Gasteiger partial charge in [0.2, 0.25) is 0 Å². The molecule has 2 N–H and O–H groups in total. The van der Waals surface area contributed by atoms with E-state index >= 15 is 0 Å². The van der Waals surface area contributed by atoms with Crippen molar-refractivity contribution in [2.24, 2.45) is 0 Å². The molecule has 1 saturated heterocycles. The number of anilines is 1. The second-order valence-corrected chi connectivity index (χ2v) is 4.94.